The molecule has 0 aliphatic heterocycles. The molecular formula is C7H5N4. The first kappa shape index (κ1) is 6.03. The Morgan fingerprint density at radius 1 is 1.18 bits per heavy atom. The van der Waals surface area contributed by atoms with Crippen LogP contribution in [0.2, 0.25) is 0 Å². The van der Waals surface area contributed by atoms with Crippen LogP contribution in [0.25, 0.3) is 5.69 Å². The zero-order chi connectivity index (χ0) is 7.52. The topological polar surface area (TPSA) is 43.6 Å². The predicted molar refractivity (Wildman–Crippen MR) is 38.0 cm³/mol. The van der Waals surface area contributed by atoms with Crippen LogP contribution in [-0.2, 0) is 0 Å². The van der Waals surface area contributed by atoms with Crippen LogP contribution in [0, 0.1) is 6.33 Å². The lowest BCUT2D eigenvalue weighted by Crippen LogP contribution is -1.93. The van der Waals surface area contributed by atoms with E-state index in [1.54, 1.807) is 0 Å². The maximum atomic E-state index is 3.69. The van der Waals surface area contributed by atoms with Crippen LogP contribution in [0.3, 0.4) is 0 Å². The van der Waals surface area contributed by atoms with Gasteiger partial charge in [-0.1, -0.05) is 18.2 Å². The number of hydrogen-bond donors (Lipinski definition) is 0. The summed E-state index contributed by atoms with van der Waals surface area (Å²) in [5.74, 6) is 0. The number of hydrogen-bond acceptors (Lipinski definition) is 3. The number of tetrazole rings is 1. The van der Waals surface area contributed by atoms with E-state index in [2.05, 4.69) is 21.9 Å². The van der Waals surface area contributed by atoms with Gasteiger partial charge in [0, 0.05) is 0 Å². The predicted octanol–water partition coefficient (Wildman–Crippen LogP) is 0.462. The van der Waals surface area contributed by atoms with Crippen molar-refractivity contribution in [1.82, 2.24) is 20.2 Å². The van der Waals surface area contributed by atoms with Gasteiger partial charge in [0.25, 0.3) is 0 Å². The smallest absolute Gasteiger partial charge is 0.190 e. The maximum absolute atomic E-state index is 3.69. The van der Waals surface area contributed by atoms with Gasteiger partial charge in [-0.05, 0) is 22.6 Å². The molecule has 0 unspecified atom stereocenters. The third kappa shape index (κ3) is 1.10. The van der Waals surface area contributed by atoms with Crippen LogP contribution in [0.15, 0.2) is 30.3 Å². The van der Waals surface area contributed by atoms with Crippen molar-refractivity contribution in [3.05, 3.63) is 36.7 Å². The molecule has 11 heavy (non-hydrogen) atoms. The Morgan fingerprint density at radius 3 is 2.64 bits per heavy atom. The Morgan fingerprint density at radius 2 is 2.00 bits per heavy atom. The Bertz CT molecular complexity index is 313. The Hall–Kier alpha value is -1.71. The lowest BCUT2D eigenvalue weighted by Gasteiger charge is -1.94. The second-order valence-electron chi connectivity index (χ2n) is 2.03. The minimum Gasteiger partial charge on any atom is -0.190 e. The Kier molecular flexibility index (Phi) is 1.37. The zero-order valence-electron chi connectivity index (χ0n) is 5.68. The van der Waals surface area contributed by atoms with Crippen LogP contribution in [0.1, 0.15) is 0 Å². The van der Waals surface area contributed by atoms with E-state index in [1.807, 2.05) is 30.3 Å². The largest absolute Gasteiger partial charge is 0.226 e. The van der Waals surface area contributed by atoms with E-state index in [0.717, 1.165) is 5.69 Å². The Labute approximate surface area is 63.5 Å². The van der Waals surface area contributed by atoms with E-state index in [0.29, 0.717) is 0 Å². The molecule has 2 aromatic rings. The summed E-state index contributed by atoms with van der Waals surface area (Å²) in [6.45, 7) is 0. The van der Waals surface area contributed by atoms with Crippen molar-refractivity contribution in [1.29, 1.82) is 0 Å². The van der Waals surface area contributed by atoms with E-state index in [-0.39, 0.29) is 0 Å². The summed E-state index contributed by atoms with van der Waals surface area (Å²) in [7, 11) is 0. The summed E-state index contributed by atoms with van der Waals surface area (Å²) >= 11 is 0. The molecule has 0 atom stereocenters. The molecule has 0 amide bonds. The molecule has 0 fully saturated rings. The van der Waals surface area contributed by atoms with E-state index in [1.165, 1.54) is 4.68 Å². The van der Waals surface area contributed by atoms with E-state index in [4.69, 9.17) is 0 Å². The first-order valence-corrected chi connectivity index (χ1v) is 3.18. The summed E-state index contributed by atoms with van der Waals surface area (Å²) in [4.78, 5) is 0. The number of para-hydroxylation sites is 1. The van der Waals surface area contributed by atoms with Crippen LogP contribution < -0.4 is 0 Å². The standard InChI is InChI=1S/C7H5N4/c1-2-4-7(5-3-1)11-6-8-9-10-11/h1-5H. The highest BCUT2D eigenvalue weighted by Gasteiger charge is 1.93. The lowest BCUT2D eigenvalue weighted by molar-refractivity contribution is 0.787. The third-order valence-electron chi connectivity index (χ3n) is 1.31. The SMILES string of the molecule is [c]1nnnn1-c1ccccc1. The third-order valence-corrected chi connectivity index (χ3v) is 1.31. The second kappa shape index (κ2) is 2.49. The first-order valence-electron chi connectivity index (χ1n) is 3.18. The molecule has 4 heteroatoms. The van der Waals surface area contributed by atoms with Crippen molar-refractivity contribution < 1.29 is 0 Å². The van der Waals surface area contributed by atoms with Gasteiger partial charge in [0.05, 0.1) is 5.69 Å². The fourth-order valence-corrected chi connectivity index (χ4v) is 0.821. The van der Waals surface area contributed by atoms with Gasteiger partial charge in [0.2, 0.25) is 6.33 Å². The van der Waals surface area contributed by atoms with Gasteiger partial charge in [0.1, 0.15) is 0 Å². The molecule has 0 aliphatic carbocycles. The minimum absolute atomic E-state index is 0.914. The molecule has 0 saturated heterocycles. The van der Waals surface area contributed by atoms with E-state index < -0.39 is 0 Å². The number of aromatic nitrogens is 4. The van der Waals surface area contributed by atoms with E-state index >= 15 is 0 Å². The highest BCUT2D eigenvalue weighted by atomic mass is 15.5. The van der Waals surface area contributed by atoms with Crippen molar-refractivity contribution in [2.75, 3.05) is 0 Å². The molecule has 4 nitrogen and oxygen atoms in total. The summed E-state index contributed by atoms with van der Waals surface area (Å²) in [6, 6.07) is 9.60. The van der Waals surface area contributed by atoms with Gasteiger partial charge in [-0.2, -0.15) is 4.68 Å². The molecule has 0 saturated carbocycles. The molecule has 2 rings (SSSR count). The zero-order valence-corrected chi connectivity index (χ0v) is 5.68. The molecule has 0 spiro atoms. The van der Waals surface area contributed by atoms with Gasteiger partial charge < -0.3 is 0 Å². The molecule has 1 aromatic heterocycles. The quantitative estimate of drug-likeness (QED) is 0.585. The van der Waals surface area contributed by atoms with Crippen molar-refractivity contribution >= 4 is 0 Å². The van der Waals surface area contributed by atoms with Crippen LogP contribution in [0.5, 0.6) is 0 Å². The minimum atomic E-state index is 0.914. The molecule has 0 N–H and O–H groups in total. The average molecular weight is 145 g/mol. The van der Waals surface area contributed by atoms with Gasteiger partial charge in [0.15, 0.2) is 0 Å². The van der Waals surface area contributed by atoms with E-state index in [9.17, 15) is 0 Å². The normalized spacial score (nSPS) is 9.82. The summed E-state index contributed by atoms with van der Waals surface area (Å²) in [6.07, 6.45) is 2.60. The average Bonchev–Trinajstić information content (AvgIpc) is 2.58. The van der Waals surface area contributed by atoms with Crippen molar-refractivity contribution in [2.45, 2.75) is 0 Å². The van der Waals surface area contributed by atoms with Crippen LogP contribution in [0.4, 0.5) is 0 Å². The fraction of sp³-hybridized carbons (Fsp3) is 0. The Balaban J connectivity index is 2.46. The first-order chi connectivity index (χ1) is 5.47. The van der Waals surface area contributed by atoms with Gasteiger partial charge in [-0.15, -0.1) is 5.10 Å². The van der Waals surface area contributed by atoms with Gasteiger partial charge in [-0.3, -0.25) is 0 Å². The summed E-state index contributed by atoms with van der Waals surface area (Å²) in [5, 5.41) is 10.6. The monoisotopic (exact) mass is 145 g/mol. The molecule has 1 heterocycles. The van der Waals surface area contributed by atoms with Crippen LogP contribution >= 0.6 is 0 Å². The summed E-state index contributed by atoms with van der Waals surface area (Å²) < 4.78 is 1.49. The maximum Gasteiger partial charge on any atom is 0.226 e. The number of rotatable bonds is 1. The van der Waals surface area contributed by atoms with Crippen molar-refractivity contribution in [3.63, 3.8) is 0 Å². The van der Waals surface area contributed by atoms with Crippen molar-refractivity contribution in [3.8, 4) is 5.69 Å². The number of nitrogens with zero attached hydrogens (tertiary/aromatic N) is 4. The molecule has 53 valence electrons. The molecule has 0 aliphatic rings. The second-order valence-corrected chi connectivity index (χ2v) is 2.03. The van der Waals surface area contributed by atoms with Crippen molar-refractivity contribution in [2.24, 2.45) is 0 Å². The molecule has 1 aromatic carbocycles. The highest BCUT2D eigenvalue weighted by Crippen LogP contribution is 2.01. The van der Waals surface area contributed by atoms with Crippen LogP contribution in [-0.4, -0.2) is 20.2 Å². The lowest BCUT2D eigenvalue weighted by atomic mass is 10.3. The van der Waals surface area contributed by atoms with Gasteiger partial charge in [-0.25, -0.2) is 0 Å². The fourth-order valence-electron chi connectivity index (χ4n) is 0.821. The molecular weight excluding hydrogens is 140 g/mol. The number of benzene rings is 1. The molecule has 0 bridgehead atoms. The van der Waals surface area contributed by atoms with Gasteiger partial charge >= 0.3 is 0 Å². The summed E-state index contributed by atoms with van der Waals surface area (Å²) in [5.41, 5.74) is 0.914. The molecule has 1 radical (unpaired) electrons. The highest BCUT2D eigenvalue weighted by molar-refractivity contribution is 5.28.